The summed E-state index contributed by atoms with van der Waals surface area (Å²) in [4.78, 5) is 24.3. The zero-order valence-electron chi connectivity index (χ0n) is 11.4. The summed E-state index contributed by atoms with van der Waals surface area (Å²) >= 11 is 0. The number of carbonyl (C=O) groups is 2. The molecule has 0 bridgehead atoms. The predicted octanol–water partition coefficient (Wildman–Crippen LogP) is 1.42. The number of carbonyl (C=O) groups excluding carboxylic acids is 1. The fourth-order valence-corrected chi connectivity index (χ4v) is 2.11. The second kappa shape index (κ2) is 5.77. The van der Waals surface area contributed by atoms with Gasteiger partial charge in [-0.25, -0.2) is 13.6 Å². The number of nitrogens with zero attached hydrogens (tertiary/aromatic N) is 1. The molecule has 2 unspecified atom stereocenters. The van der Waals surface area contributed by atoms with E-state index >= 15 is 0 Å². The van der Waals surface area contributed by atoms with Crippen molar-refractivity contribution in [2.45, 2.75) is 38.1 Å². The molecule has 1 aliphatic carbocycles. The van der Waals surface area contributed by atoms with Crippen molar-refractivity contribution in [3.05, 3.63) is 35.3 Å². The van der Waals surface area contributed by atoms with Gasteiger partial charge in [0.05, 0.1) is 6.04 Å². The number of allylic oxidation sites excluding steroid dienone is 3. The molecule has 1 saturated carbocycles. The SMILES string of the molecule is C/C1=C(F)/C=C\CC(=O)/C(C(=O)O)=C\N(C2CC2F)[C@@H]1N. The molecule has 0 amide bonds. The molecule has 0 radical (unpaired) electrons. The molecule has 3 atom stereocenters. The first kappa shape index (κ1) is 15.4. The second-order valence-electron chi connectivity index (χ2n) is 5.12. The van der Waals surface area contributed by atoms with E-state index in [1.54, 1.807) is 0 Å². The molecule has 0 aromatic heterocycles. The van der Waals surface area contributed by atoms with E-state index < -0.39 is 41.5 Å². The van der Waals surface area contributed by atoms with Crippen LogP contribution in [0.2, 0.25) is 0 Å². The maximum Gasteiger partial charge on any atom is 0.340 e. The van der Waals surface area contributed by atoms with Crippen LogP contribution in [-0.2, 0) is 9.59 Å². The molecule has 3 N–H and O–H groups in total. The molecule has 1 fully saturated rings. The Morgan fingerprint density at radius 3 is 2.67 bits per heavy atom. The third-order valence-electron chi connectivity index (χ3n) is 3.58. The van der Waals surface area contributed by atoms with Crippen molar-refractivity contribution in [1.29, 1.82) is 0 Å². The fourth-order valence-electron chi connectivity index (χ4n) is 2.11. The minimum atomic E-state index is -1.41. The molecule has 1 heterocycles. The fraction of sp³-hybridized carbons (Fsp3) is 0.429. The molecular weight excluding hydrogens is 282 g/mol. The Kier molecular flexibility index (Phi) is 4.22. The number of ketones is 1. The summed E-state index contributed by atoms with van der Waals surface area (Å²) in [6.07, 6.45) is 1.11. The number of rotatable bonds is 2. The van der Waals surface area contributed by atoms with Crippen molar-refractivity contribution in [2.75, 3.05) is 0 Å². The van der Waals surface area contributed by atoms with Crippen LogP contribution in [0.3, 0.4) is 0 Å². The van der Waals surface area contributed by atoms with Gasteiger partial charge in [0.1, 0.15) is 23.7 Å². The average molecular weight is 298 g/mol. The van der Waals surface area contributed by atoms with Gasteiger partial charge < -0.3 is 15.7 Å². The predicted molar refractivity (Wildman–Crippen MR) is 71.4 cm³/mol. The van der Waals surface area contributed by atoms with Crippen molar-refractivity contribution in [1.82, 2.24) is 4.90 Å². The van der Waals surface area contributed by atoms with Crippen LogP contribution in [0, 0.1) is 0 Å². The molecule has 0 aromatic rings. The Morgan fingerprint density at radius 2 is 2.14 bits per heavy atom. The lowest BCUT2D eigenvalue weighted by Gasteiger charge is -2.29. The number of aliphatic carboxylic acids is 1. The van der Waals surface area contributed by atoms with Gasteiger partial charge in [0.2, 0.25) is 0 Å². The smallest absolute Gasteiger partial charge is 0.340 e. The van der Waals surface area contributed by atoms with E-state index in [1.165, 1.54) is 17.9 Å². The van der Waals surface area contributed by atoms with Crippen molar-refractivity contribution < 1.29 is 23.5 Å². The summed E-state index contributed by atoms with van der Waals surface area (Å²) in [5, 5.41) is 9.12. The quantitative estimate of drug-likeness (QED) is 0.753. The molecule has 114 valence electrons. The lowest BCUT2D eigenvalue weighted by molar-refractivity contribution is -0.134. The summed E-state index contributed by atoms with van der Waals surface area (Å²) in [7, 11) is 0. The molecular formula is C14H16F2N2O3. The summed E-state index contributed by atoms with van der Waals surface area (Å²) < 4.78 is 27.2. The van der Waals surface area contributed by atoms with E-state index in [1.807, 2.05) is 0 Å². The first-order valence-corrected chi connectivity index (χ1v) is 6.51. The Labute approximate surface area is 120 Å². The number of alkyl halides is 1. The molecule has 0 aromatic carbocycles. The number of nitrogens with two attached hydrogens (primary N) is 1. The first-order valence-electron chi connectivity index (χ1n) is 6.51. The van der Waals surface area contributed by atoms with Crippen LogP contribution in [-0.4, -0.2) is 40.1 Å². The zero-order valence-corrected chi connectivity index (χ0v) is 11.4. The third-order valence-corrected chi connectivity index (χ3v) is 3.58. The van der Waals surface area contributed by atoms with Crippen LogP contribution in [0.15, 0.2) is 35.3 Å². The topological polar surface area (TPSA) is 83.6 Å². The number of halogens is 2. The number of carboxylic acid groups (broad SMARTS) is 1. The summed E-state index contributed by atoms with van der Waals surface area (Å²) in [6.45, 7) is 1.45. The van der Waals surface area contributed by atoms with Gasteiger partial charge >= 0.3 is 5.97 Å². The van der Waals surface area contributed by atoms with Gasteiger partial charge in [-0.3, -0.25) is 4.79 Å². The Balaban J connectivity index is 2.49. The van der Waals surface area contributed by atoms with Gasteiger partial charge in [-0.2, -0.15) is 0 Å². The monoisotopic (exact) mass is 298 g/mol. The van der Waals surface area contributed by atoms with Gasteiger partial charge in [0.25, 0.3) is 0 Å². The van der Waals surface area contributed by atoms with E-state index in [9.17, 15) is 18.4 Å². The van der Waals surface area contributed by atoms with Crippen molar-refractivity contribution in [3.8, 4) is 0 Å². The molecule has 7 heteroatoms. The molecule has 0 spiro atoms. The normalized spacial score (nSPS) is 37.7. The zero-order chi connectivity index (χ0) is 15.7. The highest BCUT2D eigenvalue weighted by Crippen LogP contribution is 2.34. The van der Waals surface area contributed by atoms with Crippen LogP contribution in [0.25, 0.3) is 0 Å². The highest BCUT2D eigenvalue weighted by molar-refractivity contribution is 6.16. The average Bonchev–Trinajstić information content (AvgIpc) is 3.13. The van der Waals surface area contributed by atoms with Gasteiger partial charge in [-0.1, -0.05) is 6.08 Å². The largest absolute Gasteiger partial charge is 0.478 e. The Hall–Kier alpha value is -2.02. The van der Waals surface area contributed by atoms with E-state index in [-0.39, 0.29) is 18.4 Å². The van der Waals surface area contributed by atoms with E-state index in [0.29, 0.717) is 0 Å². The van der Waals surface area contributed by atoms with Gasteiger partial charge in [-0.05, 0) is 18.6 Å². The van der Waals surface area contributed by atoms with E-state index in [2.05, 4.69) is 0 Å². The molecule has 21 heavy (non-hydrogen) atoms. The van der Waals surface area contributed by atoms with E-state index in [0.717, 1.165) is 12.3 Å². The van der Waals surface area contributed by atoms with Gasteiger partial charge in [0, 0.05) is 19.0 Å². The third kappa shape index (κ3) is 3.18. The van der Waals surface area contributed by atoms with Crippen molar-refractivity contribution in [2.24, 2.45) is 5.73 Å². The molecule has 5 nitrogen and oxygen atoms in total. The number of hydrogen-bond donors (Lipinski definition) is 2. The first-order chi connectivity index (χ1) is 9.82. The van der Waals surface area contributed by atoms with E-state index in [4.69, 9.17) is 10.8 Å². The number of Topliss-reactive ketones (excluding diaryl/α,β-unsaturated/α-hetero) is 1. The lowest BCUT2D eigenvalue weighted by atomic mass is 10.1. The van der Waals surface area contributed by atoms with Crippen molar-refractivity contribution >= 4 is 11.8 Å². The Morgan fingerprint density at radius 1 is 1.52 bits per heavy atom. The standard InChI is InChI=1S/C14H16F2N2O3/c1-7-9(15)3-2-4-12(19)8(14(20)21)6-18(13(7)17)11-5-10(11)16/h2-3,6,10-11,13H,4-5,17H2,1H3,(H,20,21)/b3-2-,8-6+,9-7+/t10?,11?,13-/m0/s1. The number of carboxylic acids is 1. The van der Waals surface area contributed by atoms with Gasteiger partial charge in [-0.15, -0.1) is 0 Å². The van der Waals surface area contributed by atoms with Crippen LogP contribution >= 0.6 is 0 Å². The summed E-state index contributed by atoms with van der Waals surface area (Å²) in [5.74, 6) is -2.70. The maximum atomic E-state index is 13.9. The van der Waals surface area contributed by atoms with Crippen molar-refractivity contribution in [3.63, 3.8) is 0 Å². The van der Waals surface area contributed by atoms with Crippen LogP contribution < -0.4 is 5.73 Å². The van der Waals surface area contributed by atoms with Crippen LogP contribution in [0.1, 0.15) is 19.8 Å². The lowest BCUT2D eigenvalue weighted by Crippen LogP contribution is -2.43. The maximum absolute atomic E-state index is 13.9. The highest BCUT2D eigenvalue weighted by Gasteiger charge is 2.44. The molecule has 0 saturated heterocycles. The minimum absolute atomic E-state index is 0.153. The molecule has 2 rings (SSSR count). The molecule has 1 aliphatic heterocycles. The highest BCUT2D eigenvalue weighted by atomic mass is 19.1. The van der Waals surface area contributed by atoms with Gasteiger partial charge in [0.15, 0.2) is 5.78 Å². The Bertz CT molecular complexity index is 569. The van der Waals surface area contributed by atoms with Crippen LogP contribution in [0.5, 0.6) is 0 Å². The van der Waals surface area contributed by atoms with Crippen LogP contribution in [0.4, 0.5) is 8.78 Å². The molecule has 2 aliphatic rings. The second-order valence-corrected chi connectivity index (χ2v) is 5.12. The summed E-state index contributed by atoms with van der Waals surface area (Å²) in [5.41, 5.74) is 5.56. The summed E-state index contributed by atoms with van der Waals surface area (Å²) in [6, 6.07) is -0.631. The number of hydrogen-bond acceptors (Lipinski definition) is 4. The minimum Gasteiger partial charge on any atom is -0.478 e.